The highest BCUT2D eigenvalue weighted by Gasteiger charge is 2.23. The Morgan fingerprint density at radius 3 is 2.00 bits per heavy atom. The molecule has 0 spiro atoms. The molecule has 6 heteroatoms. The minimum Gasteiger partial charge on any atom is -0.494 e. The molecule has 0 radical (unpaired) electrons. The zero-order chi connectivity index (χ0) is 13.7. The maximum Gasteiger partial charge on any atom is 0.172 e. The van der Waals surface area contributed by atoms with Crippen molar-refractivity contribution in [3.8, 4) is 17.2 Å². The summed E-state index contributed by atoms with van der Waals surface area (Å²) in [6.45, 7) is -0.0261. The number of nitrogens with one attached hydrogen (secondary N) is 1. The first kappa shape index (κ1) is 14.2. The number of nitrogen functional groups attached to an aromatic ring is 1. The van der Waals surface area contributed by atoms with Gasteiger partial charge in [-0.15, -0.1) is 0 Å². The molecule has 1 aromatic rings. The minimum absolute atomic E-state index is 0.0261. The van der Waals surface area contributed by atoms with Gasteiger partial charge in [0.15, 0.2) is 17.2 Å². The smallest absolute Gasteiger partial charge is 0.172 e. The van der Waals surface area contributed by atoms with Gasteiger partial charge in [0.2, 0.25) is 0 Å². The molecular formula is C12H20N2O4. The lowest BCUT2D eigenvalue weighted by Crippen LogP contribution is -2.08. The van der Waals surface area contributed by atoms with Crippen LogP contribution in [0.3, 0.4) is 0 Å². The second-order valence-electron chi connectivity index (χ2n) is 3.59. The first-order valence-electron chi connectivity index (χ1n) is 5.55. The fourth-order valence-corrected chi connectivity index (χ4v) is 1.99. The van der Waals surface area contributed by atoms with Gasteiger partial charge in [0, 0.05) is 25.6 Å². The number of anilines is 2. The Hall–Kier alpha value is -1.82. The van der Waals surface area contributed by atoms with Crippen molar-refractivity contribution < 1.29 is 19.3 Å². The van der Waals surface area contributed by atoms with Gasteiger partial charge in [0.25, 0.3) is 0 Å². The summed E-state index contributed by atoms with van der Waals surface area (Å²) in [4.78, 5) is 0. The molecule has 0 aliphatic carbocycles. The van der Waals surface area contributed by atoms with Crippen molar-refractivity contribution in [3.63, 3.8) is 0 Å². The van der Waals surface area contributed by atoms with E-state index in [0.29, 0.717) is 40.6 Å². The third kappa shape index (κ3) is 2.24. The number of methoxy groups -OCH3 is 3. The third-order valence-electron chi connectivity index (χ3n) is 2.72. The van der Waals surface area contributed by atoms with Gasteiger partial charge in [0.05, 0.1) is 21.3 Å². The predicted molar refractivity (Wildman–Crippen MR) is 70.8 cm³/mol. The minimum atomic E-state index is -0.0261. The maximum atomic E-state index is 9.14. The largest absolute Gasteiger partial charge is 0.494 e. The molecule has 0 saturated heterocycles. The molecule has 0 aromatic heterocycles. The topological polar surface area (TPSA) is 86.0 Å². The van der Waals surface area contributed by atoms with Gasteiger partial charge in [-0.05, 0) is 0 Å². The van der Waals surface area contributed by atoms with Crippen molar-refractivity contribution in [2.24, 2.45) is 0 Å². The average Bonchev–Trinajstić information content (AvgIpc) is 2.38. The van der Waals surface area contributed by atoms with Crippen LogP contribution in [0.2, 0.25) is 0 Å². The van der Waals surface area contributed by atoms with Crippen LogP contribution in [0.5, 0.6) is 17.2 Å². The molecule has 18 heavy (non-hydrogen) atoms. The summed E-state index contributed by atoms with van der Waals surface area (Å²) in [6, 6.07) is 0. The molecule has 0 aliphatic heterocycles. The van der Waals surface area contributed by atoms with Gasteiger partial charge < -0.3 is 30.4 Å². The Morgan fingerprint density at radius 1 is 1.06 bits per heavy atom. The van der Waals surface area contributed by atoms with Gasteiger partial charge >= 0.3 is 0 Å². The van der Waals surface area contributed by atoms with E-state index in [1.54, 1.807) is 14.2 Å². The van der Waals surface area contributed by atoms with Crippen LogP contribution in [-0.2, 0) is 6.42 Å². The van der Waals surface area contributed by atoms with Crippen LogP contribution in [0, 0.1) is 0 Å². The molecule has 4 N–H and O–H groups in total. The number of aliphatic hydroxyl groups is 1. The molecule has 1 aromatic carbocycles. The van der Waals surface area contributed by atoms with Gasteiger partial charge in [-0.3, -0.25) is 0 Å². The molecule has 0 unspecified atom stereocenters. The van der Waals surface area contributed by atoms with E-state index in [-0.39, 0.29) is 6.61 Å². The van der Waals surface area contributed by atoms with Crippen molar-refractivity contribution >= 4 is 11.4 Å². The van der Waals surface area contributed by atoms with Gasteiger partial charge in [-0.2, -0.15) is 0 Å². The molecule has 0 atom stereocenters. The van der Waals surface area contributed by atoms with Crippen molar-refractivity contribution in [1.29, 1.82) is 0 Å². The average molecular weight is 256 g/mol. The number of ether oxygens (including phenoxy) is 3. The second kappa shape index (κ2) is 6.20. The van der Waals surface area contributed by atoms with Crippen LogP contribution < -0.4 is 25.3 Å². The highest BCUT2D eigenvalue weighted by Crippen LogP contribution is 2.49. The number of hydrogen-bond acceptors (Lipinski definition) is 6. The second-order valence-corrected chi connectivity index (χ2v) is 3.59. The van der Waals surface area contributed by atoms with Crippen molar-refractivity contribution in [2.45, 2.75) is 6.42 Å². The fraction of sp³-hybridized carbons (Fsp3) is 0.500. The molecule has 0 saturated carbocycles. The van der Waals surface area contributed by atoms with E-state index >= 15 is 0 Å². The van der Waals surface area contributed by atoms with Gasteiger partial charge in [-0.1, -0.05) is 0 Å². The summed E-state index contributed by atoms with van der Waals surface area (Å²) < 4.78 is 15.9. The highest BCUT2D eigenvalue weighted by atomic mass is 16.5. The predicted octanol–water partition coefficient (Wildman–Crippen LogP) is 0.871. The molecule has 0 fully saturated rings. The van der Waals surface area contributed by atoms with Gasteiger partial charge in [-0.25, -0.2) is 0 Å². The summed E-state index contributed by atoms with van der Waals surface area (Å²) in [6.07, 6.45) is 0.384. The van der Waals surface area contributed by atoms with Gasteiger partial charge in [0.1, 0.15) is 11.4 Å². The SMILES string of the molecule is CNc1c(OC)c(N)c(OC)c(CCO)c1OC. The Kier molecular flexibility index (Phi) is 4.91. The van der Waals surface area contributed by atoms with Crippen LogP contribution >= 0.6 is 0 Å². The standard InChI is InChI=1S/C12H20N2O4/c1-14-9-11(17-3)7(5-6-15)10(16-2)8(13)12(9)18-4/h14-15H,5-6,13H2,1-4H3. The number of nitrogens with two attached hydrogens (primary N) is 1. The fourth-order valence-electron chi connectivity index (χ4n) is 1.99. The monoisotopic (exact) mass is 256 g/mol. The van der Waals surface area contributed by atoms with Crippen LogP contribution in [0.4, 0.5) is 11.4 Å². The van der Waals surface area contributed by atoms with Crippen molar-refractivity contribution in [1.82, 2.24) is 0 Å². The molecule has 0 aliphatic rings. The first-order chi connectivity index (χ1) is 8.65. The van der Waals surface area contributed by atoms with E-state index in [9.17, 15) is 0 Å². The molecule has 1 rings (SSSR count). The number of benzene rings is 1. The molecule has 102 valence electrons. The van der Waals surface area contributed by atoms with Crippen molar-refractivity contribution in [3.05, 3.63) is 5.56 Å². The summed E-state index contributed by atoms with van der Waals surface area (Å²) >= 11 is 0. The van der Waals surface area contributed by atoms with E-state index in [2.05, 4.69) is 5.32 Å². The molecule has 0 amide bonds. The lowest BCUT2D eigenvalue weighted by Gasteiger charge is -2.21. The summed E-state index contributed by atoms with van der Waals surface area (Å²) in [7, 11) is 6.34. The normalized spacial score (nSPS) is 10.1. The Balaban J connectivity index is 3.62. The van der Waals surface area contributed by atoms with E-state index in [4.69, 9.17) is 25.1 Å². The summed E-state index contributed by atoms with van der Waals surface area (Å²) in [5.74, 6) is 1.50. The van der Waals surface area contributed by atoms with Crippen molar-refractivity contribution in [2.75, 3.05) is 46.0 Å². The van der Waals surface area contributed by atoms with Crippen LogP contribution in [-0.4, -0.2) is 40.1 Å². The third-order valence-corrected chi connectivity index (χ3v) is 2.72. The number of rotatable bonds is 6. The molecule has 0 bridgehead atoms. The van der Waals surface area contributed by atoms with E-state index < -0.39 is 0 Å². The van der Waals surface area contributed by atoms with E-state index in [0.717, 1.165) is 0 Å². The van der Waals surface area contributed by atoms with E-state index in [1.165, 1.54) is 14.2 Å². The Labute approximate surface area is 107 Å². The number of aliphatic hydroxyl groups excluding tert-OH is 1. The summed E-state index contributed by atoms with van der Waals surface area (Å²) in [5, 5.41) is 12.1. The summed E-state index contributed by atoms with van der Waals surface area (Å²) in [5.41, 5.74) is 7.74. The molecule has 6 nitrogen and oxygen atoms in total. The highest BCUT2D eigenvalue weighted by molar-refractivity contribution is 5.83. The first-order valence-corrected chi connectivity index (χ1v) is 5.55. The molecule has 0 heterocycles. The lowest BCUT2D eigenvalue weighted by atomic mass is 10.1. The number of hydrogen-bond donors (Lipinski definition) is 3. The molecular weight excluding hydrogens is 236 g/mol. The zero-order valence-corrected chi connectivity index (χ0v) is 11.2. The van der Waals surface area contributed by atoms with Crippen LogP contribution in [0.15, 0.2) is 0 Å². The van der Waals surface area contributed by atoms with E-state index in [1.807, 2.05) is 0 Å². The zero-order valence-electron chi connectivity index (χ0n) is 11.2. The maximum absolute atomic E-state index is 9.14. The lowest BCUT2D eigenvalue weighted by molar-refractivity contribution is 0.293. The van der Waals surface area contributed by atoms with Crippen LogP contribution in [0.1, 0.15) is 5.56 Å². The Morgan fingerprint density at radius 2 is 1.61 bits per heavy atom. The quantitative estimate of drug-likeness (QED) is 0.655. The Bertz CT molecular complexity index is 421. The van der Waals surface area contributed by atoms with Crippen LogP contribution in [0.25, 0.3) is 0 Å².